The standard InChI is InChI=1S/C21H25N3OS2/c1-4-16-8-10-18-19(15-16)27-21(22-18)24(13-6-12-23(2)3)20(25)11-9-17-7-5-14-26-17/h5,7-11,14-15H,4,6,12-13H2,1-3H3. The van der Waals surface area contributed by atoms with Gasteiger partial charge in [0.1, 0.15) is 0 Å². The van der Waals surface area contributed by atoms with Crippen molar-refractivity contribution in [3.63, 3.8) is 0 Å². The molecule has 2 heterocycles. The molecule has 0 radical (unpaired) electrons. The molecule has 0 unspecified atom stereocenters. The molecule has 0 fully saturated rings. The number of thiophene rings is 1. The topological polar surface area (TPSA) is 36.4 Å². The third kappa shape index (κ3) is 5.25. The lowest BCUT2D eigenvalue weighted by molar-refractivity contribution is -0.114. The third-order valence-corrected chi connectivity index (χ3v) is 6.15. The second-order valence-corrected chi connectivity index (χ2v) is 8.64. The predicted molar refractivity (Wildman–Crippen MR) is 118 cm³/mol. The highest BCUT2D eigenvalue weighted by molar-refractivity contribution is 7.22. The molecule has 0 spiro atoms. The van der Waals surface area contributed by atoms with E-state index < -0.39 is 0 Å². The lowest BCUT2D eigenvalue weighted by Crippen LogP contribution is -2.32. The Labute approximate surface area is 168 Å². The Morgan fingerprint density at radius 1 is 1.22 bits per heavy atom. The molecular weight excluding hydrogens is 374 g/mol. The van der Waals surface area contributed by atoms with Gasteiger partial charge in [0.2, 0.25) is 0 Å². The first-order chi connectivity index (χ1) is 13.1. The van der Waals surface area contributed by atoms with Gasteiger partial charge in [0.15, 0.2) is 5.13 Å². The first kappa shape index (κ1) is 19.7. The van der Waals surface area contributed by atoms with Crippen molar-refractivity contribution in [3.8, 4) is 0 Å². The largest absolute Gasteiger partial charge is 0.309 e. The average molecular weight is 400 g/mol. The Hall–Kier alpha value is -2.02. The maximum Gasteiger partial charge on any atom is 0.252 e. The number of amides is 1. The summed E-state index contributed by atoms with van der Waals surface area (Å²) in [5.41, 5.74) is 2.25. The zero-order chi connectivity index (χ0) is 19.2. The van der Waals surface area contributed by atoms with Crippen LogP contribution in [0.4, 0.5) is 5.13 Å². The van der Waals surface area contributed by atoms with Crippen LogP contribution in [0.25, 0.3) is 16.3 Å². The molecule has 4 nitrogen and oxygen atoms in total. The number of thiazole rings is 1. The number of carbonyl (C=O) groups is 1. The van der Waals surface area contributed by atoms with Crippen LogP contribution in [0, 0.1) is 0 Å². The number of anilines is 1. The number of nitrogens with zero attached hydrogens (tertiary/aromatic N) is 3. The Kier molecular flexibility index (Phi) is 6.77. The number of aryl methyl sites for hydroxylation is 1. The van der Waals surface area contributed by atoms with Crippen LogP contribution in [-0.2, 0) is 11.2 Å². The lowest BCUT2D eigenvalue weighted by atomic mass is 10.2. The van der Waals surface area contributed by atoms with Gasteiger partial charge >= 0.3 is 0 Å². The Morgan fingerprint density at radius 3 is 2.78 bits per heavy atom. The van der Waals surface area contributed by atoms with Crippen LogP contribution >= 0.6 is 22.7 Å². The van der Waals surface area contributed by atoms with Gasteiger partial charge < -0.3 is 4.90 Å². The fourth-order valence-corrected chi connectivity index (χ4v) is 4.45. The van der Waals surface area contributed by atoms with Crippen LogP contribution in [0.3, 0.4) is 0 Å². The summed E-state index contributed by atoms with van der Waals surface area (Å²) in [4.78, 5) is 22.7. The molecule has 27 heavy (non-hydrogen) atoms. The summed E-state index contributed by atoms with van der Waals surface area (Å²) >= 11 is 3.22. The van der Waals surface area contributed by atoms with Crippen molar-refractivity contribution < 1.29 is 4.79 Å². The van der Waals surface area contributed by atoms with Gasteiger partial charge in [0.05, 0.1) is 10.2 Å². The summed E-state index contributed by atoms with van der Waals surface area (Å²) < 4.78 is 1.14. The van der Waals surface area contributed by atoms with Crippen LogP contribution in [0.5, 0.6) is 0 Å². The molecule has 0 N–H and O–H groups in total. The fourth-order valence-electron chi connectivity index (χ4n) is 2.77. The van der Waals surface area contributed by atoms with Gasteiger partial charge in [-0.2, -0.15) is 0 Å². The molecule has 0 atom stereocenters. The van der Waals surface area contributed by atoms with E-state index in [4.69, 9.17) is 4.98 Å². The quantitative estimate of drug-likeness (QED) is 0.505. The van der Waals surface area contributed by atoms with Crippen molar-refractivity contribution in [2.45, 2.75) is 19.8 Å². The molecule has 0 bridgehead atoms. The number of fused-ring (bicyclic) bond motifs is 1. The zero-order valence-corrected chi connectivity index (χ0v) is 17.6. The zero-order valence-electron chi connectivity index (χ0n) is 16.0. The van der Waals surface area contributed by atoms with Gasteiger partial charge in [-0.1, -0.05) is 30.4 Å². The molecule has 0 saturated carbocycles. The number of carbonyl (C=O) groups excluding carboxylic acids is 1. The van der Waals surface area contributed by atoms with Gasteiger partial charge in [0.25, 0.3) is 5.91 Å². The summed E-state index contributed by atoms with van der Waals surface area (Å²) in [6.07, 6.45) is 5.44. The summed E-state index contributed by atoms with van der Waals surface area (Å²) in [6.45, 7) is 3.74. The van der Waals surface area contributed by atoms with E-state index in [2.05, 4.69) is 30.0 Å². The summed E-state index contributed by atoms with van der Waals surface area (Å²) in [6, 6.07) is 10.3. The van der Waals surface area contributed by atoms with Crippen molar-refractivity contribution in [1.29, 1.82) is 0 Å². The molecule has 1 aromatic carbocycles. The van der Waals surface area contributed by atoms with E-state index in [0.717, 1.165) is 39.6 Å². The number of benzene rings is 1. The molecule has 6 heteroatoms. The molecule has 1 amide bonds. The summed E-state index contributed by atoms with van der Waals surface area (Å²) in [5, 5.41) is 2.79. The van der Waals surface area contributed by atoms with E-state index in [1.807, 2.05) is 42.6 Å². The van der Waals surface area contributed by atoms with Crippen molar-refractivity contribution in [1.82, 2.24) is 9.88 Å². The average Bonchev–Trinajstić information content (AvgIpc) is 3.31. The normalized spacial score (nSPS) is 11.7. The van der Waals surface area contributed by atoms with Crippen molar-refractivity contribution in [2.75, 3.05) is 32.1 Å². The third-order valence-electron chi connectivity index (χ3n) is 4.27. The summed E-state index contributed by atoms with van der Waals surface area (Å²) in [7, 11) is 4.10. The van der Waals surface area contributed by atoms with Crippen molar-refractivity contribution >= 4 is 50.0 Å². The van der Waals surface area contributed by atoms with Crippen molar-refractivity contribution in [3.05, 3.63) is 52.2 Å². The first-order valence-corrected chi connectivity index (χ1v) is 10.8. The molecule has 142 valence electrons. The summed E-state index contributed by atoms with van der Waals surface area (Å²) in [5.74, 6) is -0.0167. The smallest absolute Gasteiger partial charge is 0.252 e. The SMILES string of the molecule is CCc1ccc2nc(N(CCCN(C)C)C(=O)C=Cc3cccs3)sc2c1. The number of rotatable bonds is 8. The molecule has 0 aliphatic heterocycles. The minimum absolute atomic E-state index is 0.0167. The number of hydrogen-bond acceptors (Lipinski definition) is 5. The van der Waals surface area contributed by atoms with Gasteiger partial charge in [-0.05, 0) is 68.7 Å². The van der Waals surface area contributed by atoms with E-state index in [1.54, 1.807) is 28.7 Å². The minimum Gasteiger partial charge on any atom is -0.309 e. The number of hydrogen-bond donors (Lipinski definition) is 0. The maximum absolute atomic E-state index is 12.9. The van der Waals surface area contributed by atoms with Crippen LogP contribution in [0.15, 0.2) is 41.8 Å². The van der Waals surface area contributed by atoms with Gasteiger partial charge in [-0.15, -0.1) is 11.3 Å². The highest BCUT2D eigenvalue weighted by Crippen LogP contribution is 2.30. The van der Waals surface area contributed by atoms with E-state index in [1.165, 1.54) is 5.56 Å². The van der Waals surface area contributed by atoms with E-state index in [-0.39, 0.29) is 5.91 Å². The second-order valence-electron chi connectivity index (χ2n) is 6.65. The van der Waals surface area contributed by atoms with Gasteiger partial charge in [-0.25, -0.2) is 4.98 Å². The van der Waals surface area contributed by atoms with Crippen molar-refractivity contribution in [2.24, 2.45) is 0 Å². The Balaban J connectivity index is 1.85. The van der Waals surface area contributed by atoms with Gasteiger partial charge in [0, 0.05) is 17.5 Å². The van der Waals surface area contributed by atoms with Crippen LogP contribution in [0.1, 0.15) is 23.8 Å². The molecule has 0 saturated heterocycles. The highest BCUT2D eigenvalue weighted by atomic mass is 32.1. The molecular formula is C21H25N3OS2. The highest BCUT2D eigenvalue weighted by Gasteiger charge is 2.18. The maximum atomic E-state index is 12.9. The van der Waals surface area contributed by atoms with E-state index in [9.17, 15) is 4.79 Å². The lowest BCUT2D eigenvalue weighted by Gasteiger charge is -2.19. The Morgan fingerprint density at radius 2 is 2.07 bits per heavy atom. The molecule has 0 aliphatic rings. The monoisotopic (exact) mass is 399 g/mol. The van der Waals surface area contributed by atoms with E-state index in [0.29, 0.717) is 6.54 Å². The van der Waals surface area contributed by atoms with E-state index >= 15 is 0 Å². The van der Waals surface area contributed by atoms with Gasteiger partial charge in [-0.3, -0.25) is 9.69 Å². The second kappa shape index (κ2) is 9.26. The van der Waals surface area contributed by atoms with Crippen LogP contribution in [0.2, 0.25) is 0 Å². The Bertz CT molecular complexity index is 913. The molecule has 3 aromatic rings. The molecule has 2 aromatic heterocycles. The molecule has 3 rings (SSSR count). The molecule has 0 aliphatic carbocycles. The van der Waals surface area contributed by atoms with Crippen LogP contribution in [-0.4, -0.2) is 43.0 Å². The fraction of sp³-hybridized carbons (Fsp3) is 0.333. The first-order valence-electron chi connectivity index (χ1n) is 9.14. The van der Waals surface area contributed by atoms with Crippen LogP contribution < -0.4 is 4.90 Å². The number of aromatic nitrogens is 1. The predicted octanol–water partition coefficient (Wildman–Crippen LogP) is 4.92. The minimum atomic E-state index is -0.0167.